The molecule has 0 amide bonds. The first-order valence-corrected chi connectivity index (χ1v) is 8.01. The minimum atomic E-state index is -0.786. The normalized spacial score (nSPS) is 13.0. The largest absolute Gasteiger partial charge is 0.481 e. The van der Waals surface area contributed by atoms with E-state index in [4.69, 9.17) is 5.11 Å². The maximum absolute atomic E-state index is 10.2. The van der Waals surface area contributed by atoms with Crippen LogP contribution in [0.2, 0.25) is 0 Å². The van der Waals surface area contributed by atoms with Crippen LogP contribution in [-0.4, -0.2) is 23.2 Å². The van der Waals surface area contributed by atoms with Gasteiger partial charge >= 0.3 is 5.97 Å². The van der Waals surface area contributed by atoms with E-state index in [1.165, 1.54) is 25.7 Å². The number of benzene rings is 1. The molecule has 1 rings (SSSR count). The van der Waals surface area contributed by atoms with Crippen molar-refractivity contribution < 1.29 is 9.90 Å². The van der Waals surface area contributed by atoms with Crippen molar-refractivity contribution >= 4 is 5.97 Å². The molecule has 0 spiro atoms. The van der Waals surface area contributed by atoms with Gasteiger partial charge in [0.1, 0.15) is 0 Å². The van der Waals surface area contributed by atoms with Crippen molar-refractivity contribution in [2.75, 3.05) is 0 Å². The number of carboxylic acid groups (broad SMARTS) is 1. The second-order valence-corrected chi connectivity index (χ2v) is 5.60. The summed E-state index contributed by atoms with van der Waals surface area (Å²) in [7, 11) is 0. The smallest absolute Gasteiger partial charge is 0.307 e. The quantitative estimate of drug-likeness (QED) is 0.752. The second kappa shape index (κ2) is 12.4. The van der Waals surface area contributed by atoms with Crippen molar-refractivity contribution in [2.24, 2.45) is 0 Å². The summed E-state index contributed by atoms with van der Waals surface area (Å²) in [5, 5.41) is 11.9. The van der Waals surface area contributed by atoms with Crippen LogP contribution in [0.25, 0.3) is 0 Å². The average molecular weight is 293 g/mol. The van der Waals surface area contributed by atoms with Crippen molar-refractivity contribution in [1.29, 1.82) is 0 Å². The number of nitrogens with one attached hydrogen (secondary N) is 1. The van der Waals surface area contributed by atoms with Crippen LogP contribution in [-0.2, 0) is 11.2 Å². The van der Waals surface area contributed by atoms with Gasteiger partial charge in [-0.1, -0.05) is 57.0 Å². The van der Waals surface area contributed by atoms with Crippen LogP contribution in [0.3, 0.4) is 0 Å². The molecule has 21 heavy (non-hydrogen) atoms. The van der Waals surface area contributed by atoms with Crippen LogP contribution in [0, 0.1) is 0 Å². The molecule has 0 radical (unpaired) electrons. The minimum absolute atomic E-state index is 0.112. The molecule has 2 N–H and O–H groups in total. The Balaban J connectivity index is 0.000000382. The van der Waals surface area contributed by atoms with Gasteiger partial charge in [-0.25, -0.2) is 0 Å². The lowest BCUT2D eigenvalue weighted by Crippen LogP contribution is -2.34. The summed E-state index contributed by atoms with van der Waals surface area (Å²) >= 11 is 0. The summed E-state index contributed by atoms with van der Waals surface area (Å²) in [4.78, 5) is 10.2. The molecular weight excluding hydrogens is 262 g/mol. The van der Waals surface area contributed by atoms with Crippen molar-refractivity contribution in [3.05, 3.63) is 35.9 Å². The Morgan fingerprint density at radius 3 is 1.90 bits per heavy atom. The Morgan fingerprint density at radius 2 is 1.52 bits per heavy atom. The summed E-state index contributed by atoms with van der Waals surface area (Å²) in [5.74, 6) is -0.786. The van der Waals surface area contributed by atoms with Gasteiger partial charge in [0.15, 0.2) is 0 Å². The molecule has 0 saturated carbocycles. The number of hydrogen-bond donors (Lipinski definition) is 2. The summed E-state index contributed by atoms with van der Waals surface area (Å²) < 4.78 is 0. The third-order valence-electron chi connectivity index (χ3n) is 3.21. The lowest BCUT2D eigenvalue weighted by Gasteiger charge is -2.18. The first kappa shape index (κ1) is 19.7. The molecule has 0 heterocycles. The standard InChI is InChI=1S/C10H23N.C8H8O2/c1-5-7-9(3)11-10(4)8-6-2;9-8(10)6-7-4-2-1-3-5-7/h9-11H,5-8H2,1-4H3;1-5H,6H2,(H,9,10). The monoisotopic (exact) mass is 293 g/mol. The highest BCUT2D eigenvalue weighted by atomic mass is 16.4. The predicted octanol–water partition coefficient (Wildman–Crippen LogP) is 4.27. The number of carbonyl (C=O) groups is 1. The fraction of sp³-hybridized carbons (Fsp3) is 0.611. The molecule has 120 valence electrons. The van der Waals surface area contributed by atoms with Crippen LogP contribution in [0.15, 0.2) is 30.3 Å². The highest BCUT2D eigenvalue weighted by Crippen LogP contribution is 2.00. The molecule has 2 atom stereocenters. The van der Waals surface area contributed by atoms with E-state index in [1.54, 1.807) is 12.1 Å². The lowest BCUT2D eigenvalue weighted by atomic mass is 10.1. The average Bonchev–Trinajstić information content (AvgIpc) is 2.40. The van der Waals surface area contributed by atoms with E-state index in [0.29, 0.717) is 12.1 Å². The molecule has 0 aliphatic rings. The Kier molecular flexibility index (Phi) is 11.6. The highest BCUT2D eigenvalue weighted by Gasteiger charge is 2.04. The number of aliphatic carboxylic acids is 1. The predicted molar refractivity (Wildman–Crippen MR) is 89.7 cm³/mol. The molecular formula is C18H31NO2. The molecule has 3 heteroatoms. The van der Waals surface area contributed by atoms with E-state index in [9.17, 15) is 4.79 Å². The van der Waals surface area contributed by atoms with E-state index >= 15 is 0 Å². The first-order valence-electron chi connectivity index (χ1n) is 8.01. The van der Waals surface area contributed by atoms with Gasteiger partial charge in [0.05, 0.1) is 6.42 Å². The van der Waals surface area contributed by atoms with Gasteiger partial charge in [0.25, 0.3) is 0 Å². The molecule has 0 fully saturated rings. The molecule has 0 aliphatic carbocycles. The van der Waals surface area contributed by atoms with E-state index in [2.05, 4.69) is 33.0 Å². The summed E-state index contributed by atoms with van der Waals surface area (Å²) in [6.07, 6.45) is 5.28. The van der Waals surface area contributed by atoms with Crippen LogP contribution in [0.1, 0.15) is 58.9 Å². The third-order valence-corrected chi connectivity index (χ3v) is 3.21. The zero-order chi connectivity index (χ0) is 16.1. The van der Waals surface area contributed by atoms with Crippen LogP contribution in [0.4, 0.5) is 0 Å². The fourth-order valence-corrected chi connectivity index (χ4v) is 2.29. The minimum Gasteiger partial charge on any atom is -0.481 e. The number of hydrogen-bond acceptors (Lipinski definition) is 2. The van der Waals surface area contributed by atoms with E-state index in [0.717, 1.165) is 5.56 Å². The second-order valence-electron chi connectivity index (χ2n) is 5.60. The van der Waals surface area contributed by atoms with Crippen molar-refractivity contribution in [1.82, 2.24) is 5.32 Å². The van der Waals surface area contributed by atoms with Crippen molar-refractivity contribution in [2.45, 2.75) is 71.9 Å². The highest BCUT2D eigenvalue weighted by molar-refractivity contribution is 5.70. The van der Waals surface area contributed by atoms with Gasteiger partial charge < -0.3 is 10.4 Å². The van der Waals surface area contributed by atoms with Gasteiger partial charge in [-0.2, -0.15) is 0 Å². The Morgan fingerprint density at radius 1 is 1.05 bits per heavy atom. The SMILES string of the molecule is CCCC(C)NC(C)CCC.O=C(O)Cc1ccccc1. The molecule has 0 saturated heterocycles. The van der Waals surface area contributed by atoms with Gasteiger partial charge in [-0.3, -0.25) is 4.79 Å². The molecule has 0 bridgehead atoms. The summed E-state index contributed by atoms with van der Waals surface area (Å²) in [6, 6.07) is 10.5. The van der Waals surface area contributed by atoms with E-state index in [-0.39, 0.29) is 6.42 Å². The van der Waals surface area contributed by atoms with Gasteiger partial charge in [0.2, 0.25) is 0 Å². The van der Waals surface area contributed by atoms with E-state index < -0.39 is 5.97 Å². The molecule has 0 aromatic heterocycles. The maximum Gasteiger partial charge on any atom is 0.307 e. The number of rotatable bonds is 8. The molecule has 1 aromatic rings. The molecule has 1 aromatic carbocycles. The maximum atomic E-state index is 10.2. The Bertz CT molecular complexity index is 355. The zero-order valence-electron chi connectivity index (χ0n) is 13.9. The molecule has 2 unspecified atom stereocenters. The first-order chi connectivity index (χ1) is 9.99. The topological polar surface area (TPSA) is 49.3 Å². The fourth-order valence-electron chi connectivity index (χ4n) is 2.29. The van der Waals surface area contributed by atoms with E-state index in [1.807, 2.05) is 18.2 Å². The van der Waals surface area contributed by atoms with Gasteiger partial charge in [-0.15, -0.1) is 0 Å². The van der Waals surface area contributed by atoms with Gasteiger partial charge in [-0.05, 0) is 32.3 Å². The van der Waals surface area contributed by atoms with Crippen molar-refractivity contribution in [3.63, 3.8) is 0 Å². The van der Waals surface area contributed by atoms with Crippen LogP contribution in [0.5, 0.6) is 0 Å². The Hall–Kier alpha value is -1.35. The Labute approximate surface area is 129 Å². The molecule has 0 aliphatic heterocycles. The zero-order valence-corrected chi connectivity index (χ0v) is 13.9. The van der Waals surface area contributed by atoms with Crippen LogP contribution >= 0.6 is 0 Å². The molecule has 3 nitrogen and oxygen atoms in total. The van der Waals surface area contributed by atoms with Crippen LogP contribution < -0.4 is 5.32 Å². The third kappa shape index (κ3) is 12.1. The summed E-state index contributed by atoms with van der Waals surface area (Å²) in [6.45, 7) is 9.02. The van der Waals surface area contributed by atoms with Crippen molar-refractivity contribution in [3.8, 4) is 0 Å². The lowest BCUT2D eigenvalue weighted by molar-refractivity contribution is -0.136. The summed E-state index contributed by atoms with van der Waals surface area (Å²) in [5.41, 5.74) is 0.843. The van der Waals surface area contributed by atoms with Gasteiger partial charge in [0, 0.05) is 12.1 Å². The number of carboxylic acids is 1.